The number of carboxylic acid groups (broad SMARTS) is 1. The molecule has 1 N–H and O–H groups in total. The molecule has 1 aliphatic heterocycles. The Balaban J connectivity index is 1.48. The maximum Gasteiger partial charge on any atom is 0.407 e. The molecule has 1 aliphatic rings. The number of nitrogens with zero attached hydrogens (tertiary/aromatic N) is 5. The number of aromatic nitrogens is 3. The number of halogens is 2. The SMILES string of the molecule is CC(C)c1cccc(CO[Si](c2ccccc2)(c2ccccc2)C(C)(C)C)c1-n1c(=O)nc(N2CCN(C(=O)O)C[C@@H]2C)c2cc(Cl)c(-c3ccccc3F)nc21. The predicted molar refractivity (Wildman–Crippen MR) is 228 cm³/mol. The third-order valence-corrected chi connectivity index (χ3v) is 16.2. The lowest BCUT2D eigenvalue weighted by molar-refractivity contribution is 0.136. The van der Waals surface area contributed by atoms with Gasteiger partial charge in [-0.3, -0.25) is 0 Å². The highest BCUT2D eigenvalue weighted by atomic mass is 35.5. The van der Waals surface area contributed by atoms with Gasteiger partial charge in [-0.25, -0.2) is 23.5 Å². The molecule has 12 heteroatoms. The smallest absolute Gasteiger partial charge is 0.407 e. The lowest BCUT2D eigenvalue weighted by atomic mass is 9.97. The van der Waals surface area contributed by atoms with Gasteiger partial charge in [-0.2, -0.15) is 4.98 Å². The second-order valence-corrected chi connectivity index (χ2v) is 20.7. The van der Waals surface area contributed by atoms with Gasteiger partial charge in [-0.05, 0) is 52.0 Å². The van der Waals surface area contributed by atoms with Crippen LogP contribution in [-0.4, -0.2) is 64.6 Å². The van der Waals surface area contributed by atoms with Gasteiger partial charge in [-0.15, -0.1) is 0 Å². The van der Waals surface area contributed by atoms with Crippen molar-refractivity contribution in [3.63, 3.8) is 0 Å². The number of anilines is 1. The van der Waals surface area contributed by atoms with E-state index in [-0.39, 0.29) is 58.6 Å². The second kappa shape index (κ2) is 15.9. The van der Waals surface area contributed by atoms with Crippen LogP contribution in [0, 0.1) is 5.82 Å². The minimum Gasteiger partial charge on any atom is -0.465 e. The Labute approximate surface area is 338 Å². The highest BCUT2D eigenvalue weighted by Gasteiger charge is 2.50. The maximum atomic E-state index is 15.5. The van der Waals surface area contributed by atoms with Crippen LogP contribution >= 0.6 is 11.6 Å². The Hall–Kier alpha value is -5.36. The van der Waals surface area contributed by atoms with E-state index < -0.39 is 25.9 Å². The highest BCUT2D eigenvalue weighted by molar-refractivity contribution is 6.99. The van der Waals surface area contributed by atoms with Gasteiger partial charge in [0.2, 0.25) is 0 Å². The lowest BCUT2D eigenvalue weighted by Crippen LogP contribution is -2.66. The third kappa shape index (κ3) is 7.35. The summed E-state index contributed by atoms with van der Waals surface area (Å²) >= 11 is 6.97. The van der Waals surface area contributed by atoms with Crippen LogP contribution < -0.4 is 21.0 Å². The van der Waals surface area contributed by atoms with E-state index in [9.17, 15) is 14.7 Å². The predicted octanol–water partition coefficient (Wildman–Crippen LogP) is 8.63. The summed E-state index contributed by atoms with van der Waals surface area (Å²) in [5.41, 5.74) is 2.28. The molecular formula is C45H47ClFN5O4Si. The molecular weight excluding hydrogens is 757 g/mol. The number of rotatable bonds is 9. The Morgan fingerprint density at radius 2 is 1.56 bits per heavy atom. The summed E-state index contributed by atoms with van der Waals surface area (Å²) in [6, 6.07) is 34.4. The molecule has 2 aromatic heterocycles. The van der Waals surface area contributed by atoms with Crippen LogP contribution in [0.1, 0.15) is 58.6 Å². The molecule has 0 saturated carbocycles. The number of amides is 1. The largest absolute Gasteiger partial charge is 0.465 e. The van der Waals surface area contributed by atoms with Crippen molar-refractivity contribution in [1.82, 2.24) is 19.4 Å². The van der Waals surface area contributed by atoms with E-state index in [0.717, 1.165) is 21.5 Å². The monoisotopic (exact) mass is 803 g/mol. The van der Waals surface area contributed by atoms with Crippen molar-refractivity contribution in [1.29, 1.82) is 0 Å². The van der Waals surface area contributed by atoms with Crippen molar-refractivity contribution in [2.75, 3.05) is 24.5 Å². The fourth-order valence-corrected chi connectivity index (χ4v) is 13.0. The van der Waals surface area contributed by atoms with E-state index >= 15 is 4.39 Å². The quantitative estimate of drug-likeness (QED) is 0.146. The third-order valence-electron chi connectivity index (χ3n) is 11.0. The zero-order chi connectivity index (χ0) is 40.6. The van der Waals surface area contributed by atoms with E-state index in [1.165, 1.54) is 15.5 Å². The first-order valence-corrected chi connectivity index (χ1v) is 21.5. The van der Waals surface area contributed by atoms with Gasteiger partial charge < -0.3 is 19.3 Å². The molecule has 4 aromatic carbocycles. The molecule has 6 aromatic rings. The molecule has 3 heterocycles. The van der Waals surface area contributed by atoms with Gasteiger partial charge in [0.15, 0.2) is 5.65 Å². The number of carbonyl (C=O) groups is 1. The number of benzene rings is 4. The summed E-state index contributed by atoms with van der Waals surface area (Å²) in [5, 5.41) is 12.3. The van der Waals surface area contributed by atoms with Crippen LogP contribution in [0.3, 0.4) is 0 Å². The Kier molecular flexibility index (Phi) is 11.1. The van der Waals surface area contributed by atoms with Crippen LogP contribution in [0.2, 0.25) is 10.1 Å². The Bertz CT molecular complexity index is 2450. The molecule has 0 unspecified atom stereocenters. The molecule has 1 fully saturated rings. The molecule has 0 aliphatic carbocycles. The van der Waals surface area contributed by atoms with Gasteiger partial charge in [-0.1, -0.05) is 137 Å². The van der Waals surface area contributed by atoms with Crippen LogP contribution in [0.25, 0.3) is 28.0 Å². The van der Waals surface area contributed by atoms with E-state index in [0.29, 0.717) is 23.4 Å². The summed E-state index contributed by atoms with van der Waals surface area (Å²) in [7, 11) is -3.02. The summed E-state index contributed by atoms with van der Waals surface area (Å²) in [6.07, 6.45) is -1.01. The molecule has 0 bridgehead atoms. The zero-order valence-electron chi connectivity index (χ0n) is 33.0. The van der Waals surface area contributed by atoms with Gasteiger partial charge in [0.1, 0.15) is 11.6 Å². The molecule has 1 saturated heterocycles. The molecule has 294 valence electrons. The van der Waals surface area contributed by atoms with Gasteiger partial charge in [0.05, 0.1) is 28.4 Å². The normalized spacial score (nSPS) is 15.1. The van der Waals surface area contributed by atoms with E-state index in [4.69, 9.17) is 26.0 Å². The highest BCUT2D eigenvalue weighted by Crippen LogP contribution is 2.40. The first-order chi connectivity index (χ1) is 27.2. The lowest BCUT2D eigenvalue weighted by Gasteiger charge is -2.43. The minimum atomic E-state index is -3.02. The first kappa shape index (κ1) is 39.9. The van der Waals surface area contributed by atoms with Crippen molar-refractivity contribution in [3.05, 3.63) is 142 Å². The fraction of sp³-hybridized carbons (Fsp3) is 0.289. The Morgan fingerprint density at radius 3 is 2.14 bits per heavy atom. The van der Waals surface area contributed by atoms with E-state index in [2.05, 4.69) is 58.9 Å². The number of hydrogen-bond acceptors (Lipinski definition) is 6. The number of hydrogen-bond donors (Lipinski definition) is 1. The first-order valence-electron chi connectivity index (χ1n) is 19.2. The van der Waals surface area contributed by atoms with Crippen molar-refractivity contribution < 1.29 is 18.7 Å². The van der Waals surface area contributed by atoms with Crippen LogP contribution in [0.4, 0.5) is 15.0 Å². The van der Waals surface area contributed by atoms with Crippen molar-refractivity contribution in [2.24, 2.45) is 0 Å². The maximum absolute atomic E-state index is 15.5. The average molecular weight is 804 g/mol. The Morgan fingerprint density at radius 1 is 0.930 bits per heavy atom. The number of fused-ring (bicyclic) bond motifs is 1. The minimum absolute atomic E-state index is 0.0306. The molecule has 1 amide bonds. The molecule has 57 heavy (non-hydrogen) atoms. The van der Waals surface area contributed by atoms with Crippen LogP contribution in [0.5, 0.6) is 0 Å². The zero-order valence-corrected chi connectivity index (χ0v) is 34.8. The van der Waals surface area contributed by atoms with Crippen molar-refractivity contribution >= 4 is 53.2 Å². The van der Waals surface area contributed by atoms with Crippen molar-refractivity contribution in [3.8, 4) is 16.9 Å². The number of pyridine rings is 1. The van der Waals surface area contributed by atoms with E-state index in [1.54, 1.807) is 24.3 Å². The summed E-state index contributed by atoms with van der Waals surface area (Å²) in [4.78, 5) is 39.8. The molecule has 1 atom stereocenters. The van der Waals surface area contributed by atoms with Gasteiger partial charge in [0, 0.05) is 36.8 Å². The molecule has 9 nitrogen and oxygen atoms in total. The van der Waals surface area contributed by atoms with Crippen LogP contribution in [-0.2, 0) is 11.0 Å². The fourth-order valence-electron chi connectivity index (χ4n) is 8.23. The van der Waals surface area contributed by atoms with Crippen molar-refractivity contribution in [2.45, 2.75) is 65.1 Å². The number of piperazine rings is 1. The standard InChI is InChI=1S/C45H47ClFN5O4Si/c1-29(2)34-22-15-16-31(28-56-57(45(4,5)6,32-17-9-7-10-18-32)33-19-11-8-12-20-33)40(34)52-42-36(26-37(46)39(48-42)35-21-13-14-23-38(35)47)41(49-43(52)53)51-25-24-50(44(54)55)27-30(51)3/h7-23,26,29-30H,24-25,27-28H2,1-6H3,(H,54,55)/t30-/m0/s1. The van der Waals surface area contributed by atoms with Gasteiger partial charge >= 0.3 is 11.8 Å². The average Bonchev–Trinajstić information content (AvgIpc) is 3.18. The molecule has 7 rings (SSSR count). The molecule has 0 spiro atoms. The molecule has 0 radical (unpaired) electrons. The van der Waals surface area contributed by atoms with E-state index in [1.807, 2.05) is 66.4 Å². The van der Waals surface area contributed by atoms with Crippen LogP contribution in [0.15, 0.2) is 114 Å². The summed E-state index contributed by atoms with van der Waals surface area (Å²) in [6.45, 7) is 13.6. The van der Waals surface area contributed by atoms with Gasteiger partial charge in [0.25, 0.3) is 8.32 Å². The number of para-hydroxylation sites is 1. The summed E-state index contributed by atoms with van der Waals surface area (Å²) < 4.78 is 24.4. The topological polar surface area (TPSA) is 101 Å². The summed E-state index contributed by atoms with van der Waals surface area (Å²) in [5.74, 6) is -0.197. The second-order valence-electron chi connectivity index (χ2n) is 16.0.